The summed E-state index contributed by atoms with van der Waals surface area (Å²) < 4.78 is 1.02. The van der Waals surface area contributed by atoms with Gasteiger partial charge in [-0.1, -0.05) is 80.0 Å². The van der Waals surface area contributed by atoms with Crippen molar-refractivity contribution in [1.82, 2.24) is 0 Å². The van der Waals surface area contributed by atoms with Gasteiger partial charge in [-0.3, -0.25) is 0 Å². The number of hydrogen-bond acceptors (Lipinski definition) is 1. The van der Waals surface area contributed by atoms with E-state index in [4.69, 9.17) is 0 Å². The zero-order valence-corrected chi connectivity index (χ0v) is 19.3. The standard InChI is InChI=1S/C27H29BrO/c1-26(2)10-11-27(3,4)25-16-21-12-18(8-9-20(21)15-24(25)26)13-22(17-29)19-6-5-7-23(28)14-19/h5-9,12-16,29H,10-11,17H2,1-4H3/b22-13+. The average molecular weight is 449 g/mol. The van der Waals surface area contributed by atoms with Crippen LogP contribution in [0.2, 0.25) is 0 Å². The van der Waals surface area contributed by atoms with Gasteiger partial charge < -0.3 is 5.11 Å². The number of fused-ring (bicyclic) bond motifs is 2. The van der Waals surface area contributed by atoms with Crippen LogP contribution >= 0.6 is 15.9 Å². The minimum atomic E-state index is 0.0138. The lowest BCUT2D eigenvalue weighted by Gasteiger charge is -2.42. The van der Waals surface area contributed by atoms with Gasteiger partial charge in [-0.05, 0) is 86.5 Å². The summed E-state index contributed by atoms with van der Waals surface area (Å²) in [5.74, 6) is 0. The molecule has 0 spiro atoms. The average Bonchev–Trinajstić information content (AvgIpc) is 2.68. The predicted octanol–water partition coefficient (Wildman–Crippen LogP) is 7.48. The van der Waals surface area contributed by atoms with Crippen molar-refractivity contribution in [3.63, 3.8) is 0 Å². The zero-order valence-electron chi connectivity index (χ0n) is 17.7. The molecule has 3 aromatic rings. The first-order chi connectivity index (χ1) is 13.7. The van der Waals surface area contributed by atoms with Gasteiger partial charge in [0.2, 0.25) is 0 Å². The van der Waals surface area contributed by atoms with E-state index in [2.05, 4.69) is 80.0 Å². The highest BCUT2D eigenvalue weighted by atomic mass is 79.9. The van der Waals surface area contributed by atoms with Crippen molar-refractivity contribution in [2.45, 2.75) is 51.4 Å². The molecule has 0 aromatic heterocycles. The molecule has 2 heteroatoms. The largest absolute Gasteiger partial charge is 0.392 e. The Bertz CT molecular complexity index is 1100. The summed E-state index contributed by atoms with van der Waals surface area (Å²) in [6, 6.07) is 19.5. The number of hydrogen-bond donors (Lipinski definition) is 1. The lowest BCUT2D eigenvalue weighted by atomic mass is 9.63. The van der Waals surface area contributed by atoms with Crippen LogP contribution in [0.25, 0.3) is 22.4 Å². The van der Waals surface area contributed by atoms with E-state index in [1.165, 1.54) is 34.7 Å². The second kappa shape index (κ2) is 7.41. The Morgan fingerprint density at radius 2 is 1.55 bits per heavy atom. The van der Waals surface area contributed by atoms with Gasteiger partial charge in [-0.2, -0.15) is 0 Å². The molecule has 0 unspecified atom stereocenters. The normalized spacial score (nSPS) is 17.9. The Labute approximate surface area is 182 Å². The Balaban J connectivity index is 1.82. The molecule has 0 heterocycles. The summed E-state index contributed by atoms with van der Waals surface area (Å²) in [4.78, 5) is 0. The number of aliphatic hydroxyl groups is 1. The highest BCUT2D eigenvalue weighted by molar-refractivity contribution is 9.10. The third kappa shape index (κ3) is 3.93. The van der Waals surface area contributed by atoms with Crippen LogP contribution in [0.3, 0.4) is 0 Å². The van der Waals surface area contributed by atoms with E-state index >= 15 is 0 Å². The summed E-state index contributed by atoms with van der Waals surface area (Å²) in [5.41, 5.74) is 6.49. The zero-order chi connectivity index (χ0) is 20.8. The second-order valence-electron chi connectivity index (χ2n) is 9.61. The monoisotopic (exact) mass is 448 g/mol. The van der Waals surface area contributed by atoms with Crippen LogP contribution in [0, 0.1) is 0 Å². The van der Waals surface area contributed by atoms with E-state index in [0.717, 1.165) is 21.2 Å². The number of rotatable bonds is 3. The summed E-state index contributed by atoms with van der Waals surface area (Å²) >= 11 is 3.52. The van der Waals surface area contributed by atoms with Gasteiger partial charge >= 0.3 is 0 Å². The van der Waals surface area contributed by atoms with Gasteiger partial charge in [0.05, 0.1) is 6.61 Å². The molecule has 3 aromatic carbocycles. The highest BCUT2D eigenvalue weighted by Gasteiger charge is 2.37. The van der Waals surface area contributed by atoms with Crippen molar-refractivity contribution in [3.8, 4) is 0 Å². The van der Waals surface area contributed by atoms with Gasteiger partial charge in [0.25, 0.3) is 0 Å². The van der Waals surface area contributed by atoms with E-state index < -0.39 is 0 Å². The van der Waals surface area contributed by atoms with Gasteiger partial charge in [0, 0.05) is 4.47 Å². The van der Waals surface area contributed by atoms with Crippen molar-refractivity contribution >= 4 is 38.4 Å². The molecule has 0 fully saturated rings. The van der Waals surface area contributed by atoms with E-state index in [1.807, 2.05) is 24.3 Å². The molecule has 1 aliphatic rings. The third-order valence-electron chi connectivity index (χ3n) is 6.54. The van der Waals surface area contributed by atoms with Crippen molar-refractivity contribution in [3.05, 3.63) is 81.3 Å². The quantitative estimate of drug-likeness (QED) is 0.411. The predicted molar refractivity (Wildman–Crippen MR) is 128 cm³/mol. The fourth-order valence-corrected chi connectivity index (χ4v) is 4.93. The van der Waals surface area contributed by atoms with Crippen LogP contribution in [0.15, 0.2) is 59.1 Å². The molecule has 29 heavy (non-hydrogen) atoms. The summed E-state index contributed by atoms with van der Waals surface area (Å²) in [5, 5.41) is 12.5. The van der Waals surface area contributed by atoms with Gasteiger partial charge in [0.15, 0.2) is 0 Å². The van der Waals surface area contributed by atoms with Crippen molar-refractivity contribution in [2.24, 2.45) is 0 Å². The van der Waals surface area contributed by atoms with Crippen molar-refractivity contribution < 1.29 is 5.11 Å². The molecule has 0 aliphatic heterocycles. The maximum Gasteiger partial charge on any atom is 0.0687 e. The lowest BCUT2D eigenvalue weighted by molar-refractivity contribution is 0.332. The number of aliphatic hydroxyl groups excluding tert-OH is 1. The molecule has 0 bridgehead atoms. The molecule has 0 saturated heterocycles. The van der Waals surface area contributed by atoms with Crippen LogP contribution < -0.4 is 0 Å². The van der Waals surface area contributed by atoms with Crippen LogP contribution in [0.1, 0.15) is 62.8 Å². The summed E-state index contributed by atoms with van der Waals surface area (Å²) in [6.07, 6.45) is 4.54. The fourth-order valence-electron chi connectivity index (χ4n) is 4.53. The second-order valence-corrected chi connectivity index (χ2v) is 10.5. The van der Waals surface area contributed by atoms with Crippen LogP contribution in [0.5, 0.6) is 0 Å². The molecule has 150 valence electrons. The van der Waals surface area contributed by atoms with Crippen molar-refractivity contribution in [1.29, 1.82) is 0 Å². The minimum Gasteiger partial charge on any atom is -0.392 e. The minimum absolute atomic E-state index is 0.0138. The number of benzene rings is 3. The molecule has 1 nitrogen and oxygen atoms in total. The molecular weight excluding hydrogens is 420 g/mol. The van der Waals surface area contributed by atoms with Crippen LogP contribution in [0.4, 0.5) is 0 Å². The maximum absolute atomic E-state index is 9.95. The number of halogens is 1. The van der Waals surface area contributed by atoms with Gasteiger partial charge in [-0.25, -0.2) is 0 Å². The van der Waals surface area contributed by atoms with E-state index in [0.29, 0.717) is 0 Å². The van der Waals surface area contributed by atoms with E-state index in [9.17, 15) is 5.11 Å². The summed E-state index contributed by atoms with van der Waals surface area (Å²) in [6.45, 7) is 9.49. The topological polar surface area (TPSA) is 20.2 Å². The van der Waals surface area contributed by atoms with Gasteiger partial charge in [-0.15, -0.1) is 0 Å². The molecule has 0 saturated carbocycles. The first-order valence-electron chi connectivity index (χ1n) is 10.4. The SMILES string of the molecule is CC1(C)CCC(C)(C)c2cc3cc(/C=C(\CO)c4cccc(Br)c4)ccc3cc21. The Morgan fingerprint density at radius 1 is 0.897 bits per heavy atom. The summed E-state index contributed by atoms with van der Waals surface area (Å²) in [7, 11) is 0. The first kappa shape index (κ1) is 20.4. The third-order valence-corrected chi connectivity index (χ3v) is 7.03. The van der Waals surface area contributed by atoms with Gasteiger partial charge in [0.1, 0.15) is 0 Å². The molecule has 1 aliphatic carbocycles. The molecular formula is C27H29BrO. The Morgan fingerprint density at radius 3 is 2.17 bits per heavy atom. The fraction of sp³-hybridized carbons (Fsp3) is 0.333. The Hall–Kier alpha value is -1.90. The lowest BCUT2D eigenvalue weighted by Crippen LogP contribution is -2.33. The smallest absolute Gasteiger partial charge is 0.0687 e. The van der Waals surface area contributed by atoms with Crippen LogP contribution in [-0.2, 0) is 10.8 Å². The first-order valence-corrected chi connectivity index (χ1v) is 11.2. The maximum atomic E-state index is 9.95. The van der Waals surface area contributed by atoms with E-state index in [1.54, 1.807) is 0 Å². The molecule has 1 N–H and O–H groups in total. The van der Waals surface area contributed by atoms with E-state index in [-0.39, 0.29) is 17.4 Å². The molecule has 0 radical (unpaired) electrons. The highest BCUT2D eigenvalue weighted by Crippen LogP contribution is 2.47. The molecule has 0 amide bonds. The molecule has 0 atom stereocenters. The Kier molecular flexibility index (Phi) is 5.21. The molecule has 4 rings (SSSR count). The van der Waals surface area contributed by atoms with Crippen molar-refractivity contribution in [2.75, 3.05) is 6.61 Å². The van der Waals surface area contributed by atoms with Crippen LogP contribution in [-0.4, -0.2) is 11.7 Å².